The number of likely N-dealkylation sites (tertiary alicyclic amines) is 1. The maximum Gasteiger partial charge on any atom is 0.306 e. The number of aromatic nitrogens is 1. The SMILES string of the molecule is CCC(C)C(NC(=O)C1CCCCN1C)C(=O)N(CCOC)C(CC(O)c1nc(C(=O)NC(Cc2ccc(OC)cc2)CC(C)C(=O)O)cs1)C(C)C. The van der Waals surface area contributed by atoms with Gasteiger partial charge in [0.2, 0.25) is 11.8 Å². The summed E-state index contributed by atoms with van der Waals surface area (Å²) in [6, 6.07) is 5.43. The van der Waals surface area contributed by atoms with Crippen molar-refractivity contribution >= 4 is 35.0 Å². The number of ether oxygens (including phenoxy) is 2. The maximum absolute atomic E-state index is 14.4. The van der Waals surface area contributed by atoms with Crippen LogP contribution in [0.4, 0.5) is 0 Å². The van der Waals surface area contributed by atoms with Gasteiger partial charge >= 0.3 is 5.97 Å². The highest BCUT2D eigenvalue weighted by Crippen LogP contribution is 2.29. The first kappa shape index (κ1) is 43.8. The average molecular weight is 760 g/mol. The quantitative estimate of drug-likeness (QED) is 0.142. The lowest BCUT2D eigenvalue weighted by atomic mass is 9.92. The van der Waals surface area contributed by atoms with Gasteiger partial charge in [0.1, 0.15) is 28.6 Å². The molecule has 1 aliphatic rings. The van der Waals surface area contributed by atoms with Crippen molar-refractivity contribution in [2.24, 2.45) is 17.8 Å². The van der Waals surface area contributed by atoms with Crippen LogP contribution < -0.4 is 15.4 Å². The molecule has 296 valence electrons. The fraction of sp³-hybridized carbons (Fsp3) is 0.667. The van der Waals surface area contributed by atoms with E-state index in [1.54, 1.807) is 31.4 Å². The maximum atomic E-state index is 14.4. The molecule has 7 unspecified atom stereocenters. The fourth-order valence-electron chi connectivity index (χ4n) is 6.81. The molecule has 0 aliphatic carbocycles. The van der Waals surface area contributed by atoms with Crippen molar-refractivity contribution < 1.29 is 38.9 Å². The van der Waals surface area contributed by atoms with Crippen molar-refractivity contribution in [1.29, 1.82) is 0 Å². The number of rotatable bonds is 21. The Bertz CT molecular complexity index is 1470. The van der Waals surface area contributed by atoms with Crippen molar-refractivity contribution in [3.05, 3.63) is 45.9 Å². The van der Waals surface area contributed by atoms with Crippen LogP contribution in [-0.4, -0.2) is 114 Å². The normalized spacial score (nSPS) is 18.3. The largest absolute Gasteiger partial charge is 0.497 e. The van der Waals surface area contributed by atoms with E-state index in [1.165, 1.54) is 0 Å². The smallest absolute Gasteiger partial charge is 0.306 e. The highest BCUT2D eigenvalue weighted by atomic mass is 32.1. The topological polar surface area (TPSA) is 171 Å². The molecule has 0 spiro atoms. The Morgan fingerprint density at radius 2 is 1.75 bits per heavy atom. The number of benzene rings is 1. The Hall–Kier alpha value is -3.59. The third kappa shape index (κ3) is 12.8. The molecule has 1 saturated heterocycles. The molecule has 1 aliphatic heterocycles. The standard InChI is InChI=1S/C39H61N5O8S/c1-9-25(4)34(42-36(47)31-12-10-11-17-43(31)6)38(48)44(18-19-51-7)32(24(2)3)22-33(45)37-41-30(23-53-37)35(46)40-28(20-26(5)39(49)50)21-27-13-15-29(52-8)16-14-27/h13-16,23-26,28,31-34,45H,9-12,17-22H2,1-8H3,(H,40,46)(H,42,47)(H,49,50). The van der Waals surface area contributed by atoms with Crippen molar-refractivity contribution in [1.82, 2.24) is 25.4 Å². The summed E-state index contributed by atoms with van der Waals surface area (Å²) in [5.41, 5.74) is 1.03. The van der Waals surface area contributed by atoms with E-state index in [-0.39, 0.29) is 61.4 Å². The number of likely N-dealkylation sites (N-methyl/N-ethyl adjacent to an activating group) is 1. The number of carbonyl (C=O) groups excluding carboxylic acids is 3. The molecule has 1 aromatic carbocycles. The number of aliphatic hydroxyl groups is 1. The summed E-state index contributed by atoms with van der Waals surface area (Å²) < 4.78 is 10.6. The molecule has 0 bridgehead atoms. The second-order valence-electron chi connectivity index (χ2n) is 14.7. The van der Waals surface area contributed by atoms with Gasteiger partial charge in [0.25, 0.3) is 5.91 Å². The second kappa shape index (κ2) is 21.3. The lowest BCUT2D eigenvalue weighted by Crippen LogP contribution is -2.59. The number of piperidine rings is 1. The van der Waals surface area contributed by atoms with E-state index in [0.29, 0.717) is 23.6 Å². The van der Waals surface area contributed by atoms with Gasteiger partial charge in [0.15, 0.2) is 0 Å². The predicted molar refractivity (Wildman–Crippen MR) is 205 cm³/mol. The average Bonchev–Trinajstić information content (AvgIpc) is 3.64. The zero-order valence-corrected chi connectivity index (χ0v) is 33.5. The Kier molecular flexibility index (Phi) is 17.6. The number of aliphatic carboxylic acids is 1. The van der Waals surface area contributed by atoms with Crippen molar-refractivity contribution in [2.75, 3.05) is 41.0 Å². The van der Waals surface area contributed by atoms with Crippen LogP contribution in [0, 0.1) is 17.8 Å². The van der Waals surface area contributed by atoms with Crippen molar-refractivity contribution in [2.45, 2.75) is 110 Å². The Morgan fingerprint density at radius 1 is 1.06 bits per heavy atom. The molecule has 1 fully saturated rings. The number of nitrogens with zero attached hydrogens (tertiary/aromatic N) is 3. The van der Waals surface area contributed by atoms with E-state index >= 15 is 0 Å². The van der Waals surface area contributed by atoms with Crippen LogP contribution in [0.3, 0.4) is 0 Å². The van der Waals surface area contributed by atoms with Crippen LogP contribution in [0.25, 0.3) is 0 Å². The Labute approximate surface area is 318 Å². The molecule has 0 saturated carbocycles. The summed E-state index contributed by atoms with van der Waals surface area (Å²) in [4.78, 5) is 61.4. The lowest BCUT2D eigenvalue weighted by Gasteiger charge is -2.39. The number of methoxy groups -OCH3 is 2. The second-order valence-corrected chi connectivity index (χ2v) is 15.6. The molecule has 2 aromatic rings. The number of hydrogen-bond acceptors (Lipinski definition) is 10. The summed E-state index contributed by atoms with van der Waals surface area (Å²) in [7, 11) is 5.09. The van der Waals surface area contributed by atoms with Crippen LogP contribution in [0.2, 0.25) is 0 Å². The molecule has 2 heterocycles. The van der Waals surface area contributed by atoms with E-state index < -0.39 is 42.0 Å². The zero-order chi connectivity index (χ0) is 39.2. The highest BCUT2D eigenvalue weighted by Gasteiger charge is 2.38. The van der Waals surface area contributed by atoms with Crippen LogP contribution in [0.5, 0.6) is 5.75 Å². The predicted octanol–water partition coefficient (Wildman–Crippen LogP) is 4.54. The molecule has 7 atom stereocenters. The lowest BCUT2D eigenvalue weighted by molar-refractivity contribution is -0.143. The molecule has 4 N–H and O–H groups in total. The van der Waals surface area contributed by atoms with Crippen LogP contribution in [0.1, 0.15) is 100 Å². The van der Waals surface area contributed by atoms with Crippen LogP contribution in [0.15, 0.2) is 29.6 Å². The number of carbonyl (C=O) groups is 4. The van der Waals surface area contributed by atoms with Crippen molar-refractivity contribution in [3.8, 4) is 5.75 Å². The Morgan fingerprint density at radius 3 is 2.34 bits per heavy atom. The van der Waals surface area contributed by atoms with E-state index in [9.17, 15) is 29.4 Å². The van der Waals surface area contributed by atoms with Gasteiger partial charge in [-0.2, -0.15) is 0 Å². The summed E-state index contributed by atoms with van der Waals surface area (Å²) in [5.74, 6) is -1.98. The number of carboxylic acids is 1. The van der Waals surface area contributed by atoms with E-state index in [0.717, 1.165) is 42.7 Å². The van der Waals surface area contributed by atoms with E-state index in [2.05, 4.69) is 15.6 Å². The number of amides is 3. The van der Waals surface area contributed by atoms with Crippen LogP contribution in [-0.2, 0) is 25.5 Å². The molecule has 13 nitrogen and oxygen atoms in total. The van der Waals surface area contributed by atoms with Gasteiger partial charge in [-0.05, 0) is 68.8 Å². The number of nitrogens with one attached hydrogen (secondary N) is 2. The fourth-order valence-corrected chi connectivity index (χ4v) is 7.60. The Balaban J connectivity index is 1.79. The minimum Gasteiger partial charge on any atom is -0.497 e. The molecule has 3 rings (SSSR count). The third-order valence-electron chi connectivity index (χ3n) is 10.4. The summed E-state index contributed by atoms with van der Waals surface area (Å²) >= 11 is 1.15. The first-order valence-electron chi connectivity index (χ1n) is 18.8. The summed E-state index contributed by atoms with van der Waals surface area (Å²) in [6.45, 7) is 10.9. The van der Waals surface area contributed by atoms with Gasteiger partial charge in [-0.15, -0.1) is 11.3 Å². The minimum absolute atomic E-state index is 0.0686. The molecule has 14 heteroatoms. The van der Waals surface area contributed by atoms with Gasteiger partial charge in [0.05, 0.1) is 25.7 Å². The molecular formula is C39H61N5O8S. The molecular weight excluding hydrogens is 699 g/mol. The first-order chi connectivity index (χ1) is 25.2. The van der Waals surface area contributed by atoms with Gasteiger partial charge in [0, 0.05) is 37.5 Å². The van der Waals surface area contributed by atoms with Gasteiger partial charge in [-0.25, -0.2) is 4.98 Å². The summed E-state index contributed by atoms with van der Waals surface area (Å²) in [5, 5.41) is 29.1. The number of hydrogen-bond donors (Lipinski definition) is 4. The first-order valence-corrected chi connectivity index (χ1v) is 19.7. The van der Waals surface area contributed by atoms with Gasteiger partial charge in [-0.3, -0.25) is 24.1 Å². The monoisotopic (exact) mass is 759 g/mol. The van der Waals surface area contributed by atoms with E-state index in [1.807, 2.05) is 63.9 Å². The third-order valence-corrected chi connectivity index (χ3v) is 11.3. The number of thiazole rings is 1. The zero-order valence-electron chi connectivity index (χ0n) is 32.7. The summed E-state index contributed by atoms with van der Waals surface area (Å²) in [6.07, 6.45) is 3.13. The molecule has 1 aromatic heterocycles. The number of aliphatic hydroxyl groups excluding tert-OH is 1. The van der Waals surface area contributed by atoms with Crippen molar-refractivity contribution in [3.63, 3.8) is 0 Å². The number of carboxylic acid groups (broad SMARTS) is 1. The minimum atomic E-state index is -1.08. The molecule has 53 heavy (non-hydrogen) atoms. The molecule has 3 amide bonds. The van der Waals surface area contributed by atoms with Gasteiger partial charge < -0.3 is 35.2 Å². The highest BCUT2D eigenvalue weighted by molar-refractivity contribution is 7.09. The van der Waals surface area contributed by atoms with Crippen LogP contribution >= 0.6 is 11.3 Å². The van der Waals surface area contributed by atoms with Gasteiger partial charge in [-0.1, -0.05) is 59.6 Å². The molecule has 0 radical (unpaired) electrons. The van der Waals surface area contributed by atoms with E-state index in [4.69, 9.17) is 9.47 Å².